The summed E-state index contributed by atoms with van der Waals surface area (Å²) in [6.07, 6.45) is 0. The lowest BCUT2D eigenvalue weighted by atomic mass is 10.2. The first-order valence-electron chi connectivity index (χ1n) is 9.75. The Balaban J connectivity index is 0.000000347. The number of benzene rings is 3. The maximum Gasteiger partial charge on any atom is 0.115 e. The van der Waals surface area contributed by atoms with E-state index in [4.69, 9.17) is 10.2 Å². The van der Waals surface area contributed by atoms with Crippen molar-refractivity contribution in [2.45, 2.75) is 27.7 Å². The van der Waals surface area contributed by atoms with Crippen molar-refractivity contribution < 1.29 is 10.2 Å². The van der Waals surface area contributed by atoms with E-state index in [9.17, 15) is 0 Å². The van der Waals surface area contributed by atoms with Gasteiger partial charge in [0.25, 0.3) is 0 Å². The molecule has 3 rings (SSSR count). The van der Waals surface area contributed by atoms with E-state index in [1.54, 1.807) is 48.5 Å². The molecule has 28 heavy (non-hydrogen) atoms. The van der Waals surface area contributed by atoms with Crippen molar-refractivity contribution in [3.05, 3.63) is 96.6 Å². The maximum absolute atomic E-state index is 8.63. The highest BCUT2D eigenvalue weighted by Gasteiger charge is 1.89. The van der Waals surface area contributed by atoms with Crippen LogP contribution in [-0.2, 0) is 0 Å². The Kier molecular flexibility index (Phi) is 15.9. The Morgan fingerprint density at radius 1 is 0.536 bits per heavy atom. The third-order valence-corrected chi connectivity index (χ3v) is 3.79. The van der Waals surface area contributed by atoms with E-state index < -0.39 is 0 Å². The fourth-order valence-corrected chi connectivity index (χ4v) is 2.06. The van der Waals surface area contributed by atoms with Gasteiger partial charge in [-0.25, -0.2) is 0 Å². The van der Waals surface area contributed by atoms with Crippen LogP contribution in [0.1, 0.15) is 26.3 Å². The molecule has 0 fully saturated rings. The zero-order valence-electron chi connectivity index (χ0n) is 17.6. The van der Waals surface area contributed by atoms with Crippen molar-refractivity contribution in [2.75, 3.05) is 19.6 Å². The number of para-hydroxylation sites is 2. The first-order valence-corrected chi connectivity index (χ1v) is 9.75. The summed E-state index contributed by atoms with van der Waals surface area (Å²) in [5.41, 5.74) is 1.32. The number of nitrogens with zero attached hydrogens (tertiary/aromatic N) is 1. The van der Waals surface area contributed by atoms with Crippen LogP contribution >= 0.6 is 0 Å². The summed E-state index contributed by atoms with van der Waals surface area (Å²) in [6, 6.07) is 27.7. The van der Waals surface area contributed by atoms with Crippen LogP contribution in [0.4, 0.5) is 0 Å². The van der Waals surface area contributed by atoms with Gasteiger partial charge in [-0.2, -0.15) is 0 Å². The smallest absolute Gasteiger partial charge is 0.115 e. The minimum absolute atomic E-state index is 0.322. The van der Waals surface area contributed by atoms with Crippen molar-refractivity contribution in [3.8, 4) is 11.5 Å². The SMILES string of the molecule is CCN(CC)CC.Cc1ccccc1.Oc1ccccc1.Oc1ccccc1. The van der Waals surface area contributed by atoms with Gasteiger partial charge >= 0.3 is 0 Å². The second-order valence-corrected chi connectivity index (χ2v) is 5.95. The number of hydrogen-bond acceptors (Lipinski definition) is 3. The van der Waals surface area contributed by atoms with Gasteiger partial charge in [0.1, 0.15) is 11.5 Å². The molecule has 0 aliphatic rings. The Labute approximate surface area is 170 Å². The topological polar surface area (TPSA) is 43.7 Å². The molecule has 0 bridgehead atoms. The van der Waals surface area contributed by atoms with Gasteiger partial charge < -0.3 is 15.1 Å². The summed E-state index contributed by atoms with van der Waals surface area (Å²) in [6.45, 7) is 12.2. The number of phenols is 2. The van der Waals surface area contributed by atoms with Crippen LogP contribution in [0.15, 0.2) is 91.0 Å². The van der Waals surface area contributed by atoms with E-state index in [1.165, 1.54) is 25.2 Å². The molecule has 0 radical (unpaired) electrons. The predicted octanol–water partition coefficient (Wildman–Crippen LogP) is 6.13. The molecule has 0 saturated carbocycles. The Bertz CT molecular complexity index is 574. The highest BCUT2D eigenvalue weighted by atomic mass is 16.3. The second-order valence-electron chi connectivity index (χ2n) is 5.95. The Morgan fingerprint density at radius 2 is 0.821 bits per heavy atom. The highest BCUT2D eigenvalue weighted by Crippen LogP contribution is 2.03. The van der Waals surface area contributed by atoms with Crippen molar-refractivity contribution in [2.24, 2.45) is 0 Å². The zero-order valence-corrected chi connectivity index (χ0v) is 17.6. The molecule has 2 N–H and O–H groups in total. The van der Waals surface area contributed by atoms with E-state index in [1.807, 2.05) is 30.3 Å². The average Bonchev–Trinajstić information content (AvgIpc) is 2.73. The zero-order chi connectivity index (χ0) is 21.0. The van der Waals surface area contributed by atoms with Crippen LogP contribution in [0.2, 0.25) is 0 Å². The van der Waals surface area contributed by atoms with Gasteiger partial charge in [0.15, 0.2) is 0 Å². The average molecular weight is 382 g/mol. The monoisotopic (exact) mass is 381 g/mol. The van der Waals surface area contributed by atoms with Gasteiger partial charge in [0.2, 0.25) is 0 Å². The molecule has 0 aliphatic heterocycles. The first-order chi connectivity index (χ1) is 13.5. The third kappa shape index (κ3) is 15.5. The van der Waals surface area contributed by atoms with E-state index in [0.717, 1.165) is 0 Å². The second kappa shape index (κ2) is 17.6. The molecule has 0 heterocycles. The lowest BCUT2D eigenvalue weighted by molar-refractivity contribution is 0.321. The van der Waals surface area contributed by atoms with Crippen molar-refractivity contribution >= 4 is 0 Å². The molecule has 0 aliphatic carbocycles. The van der Waals surface area contributed by atoms with E-state index >= 15 is 0 Å². The van der Waals surface area contributed by atoms with Gasteiger partial charge in [0.05, 0.1) is 0 Å². The molecule has 152 valence electrons. The normalized spacial score (nSPS) is 9.04. The van der Waals surface area contributed by atoms with Crippen molar-refractivity contribution in [3.63, 3.8) is 0 Å². The molecular formula is C25H35NO2. The Morgan fingerprint density at radius 3 is 0.929 bits per heavy atom. The molecule has 3 nitrogen and oxygen atoms in total. The van der Waals surface area contributed by atoms with Gasteiger partial charge in [-0.3, -0.25) is 0 Å². The number of rotatable bonds is 3. The fourth-order valence-electron chi connectivity index (χ4n) is 2.06. The van der Waals surface area contributed by atoms with Crippen LogP contribution in [0.3, 0.4) is 0 Å². The van der Waals surface area contributed by atoms with Crippen LogP contribution < -0.4 is 0 Å². The van der Waals surface area contributed by atoms with E-state index in [0.29, 0.717) is 11.5 Å². The minimum atomic E-state index is 0.322. The summed E-state index contributed by atoms with van der Waals surface area (Å²) in [5, 5.41) is 17.3. The molecule has 0 unspecified atom stereocenters. The lowest BCUT2D eigenvalue weighted by Gasteiger charge is -2.13. The summed E-state index contributed by atoms with van der Waals surface area (Å²) < 4.78 is 0. The summed E-state index contributed by atoms with van der Waals surface area (Å²) in [7, 11) is 0. The summed E-state index contributed by atoms with van der Waals surface area (Å²) in [4.78, 5) is 2.38. The molecule has 3 heteroatoms. The predicted molar refractivity (Wildman–Crippen MR) is 121 cm³/mol. The molecule has 3 aromatic rings. The maximum atomic E-state index is 8.63. The number of hydrogen-bond donors (Lipinski definition) is 2. The molecule has 0 aromatic heterocycles. The summed E-state index contributed by atoms with van der Waals surface area (Å²) in [5.74, 6) is 0.644. The lowest BCUT2D eigenvalue weighted by Crippen LogP contribution is -2.21. The minimum Gasteiger partial charge on any atom is -0.508 e. The molecular weight excluding hydrogens is 346 g/mol. The fraction of sp³-hybridized carbons (Fsp3) is 0.280. The number of aryl methyl sites for hydroxylation is 1. The van der Waals surface area contributed by atoms with Crippen LogP contribution in [0, 0.1) is 6.92 Å². The van der Waals surface area contributed by atoms with Gasteiger partial charge in [-0.15, -0.1) is 0 Å². The number of phenolic OH excluding ortho intramolecular Hbond substituents is 2. The van der Waals surface area contributed by atoms with Gasteiger partial charge in [-0.1, -0.05) is 93.1 Å². The molecule has 3 aromatic carbocycles. The quantitative estimate of drug-likeness (QED) is 0.574. The first kappa shape index (κ1) is 25.2. The number of aromatic hydroxyl groups is 2. The van der Waals surface area contributed by atoms with Crippen LogP contribution in [0.5, 0.6) is 11.5 Å². The van der Waals surface area contributed by atoms with Crippen molar-refractivity contribution in [1.82, 2.24) is 4.90 Å². The largest absolute Gasteiger partial charge is 0.508 e. The van der Waals surface area contributed by atoms with E-state index in [2.05, 4.69) is 44.7 Å². The van der Waals surface area contributed by atoms with Gasteiger partial charge in [-0.05, 0) is 50.8 Å². The van der Waals surface area contributed by atoms with Crippen LogP contribution in [0.25, 0.3) is 0 Å². The molecule has 0 atom stereocenters. The van der Waals surface area contributed by atoms with E-state index in [-0.39, 0.29) is 0 Å². The highest BCUT2D eigenvalue weighted by molar-refractivity contribution is 5.19. The standard InChI is InChI=1S/C7H8.C6H15N.2C6H6O/c1-7-5-3-2-4-6-7;1-4-7(5-2)6-3;2*7-6-4-2-1-3-5-6/h2-6H,1H3;4-6H2,1-3H3;2*1-5,7H. The van der Waals surface area contributed by atoms with Crippen molar-refractivity contribution in [1.29, 1.82) is 0 Å². The van der Waals surface area contributed by atoms with Gasteiger partial charge in [0, 0.05) is 0 Å². The summed E-state index contributed by atoms with van der Waals surface area (Å²) >= 11 is 0. The third-order valence-electron chi connectivity index (χ3n) is 3.79. The van der Waals surface area contributed by atoms with Crippen LogP contribution in [-0.4, -0.2) is 34.7 Å². The molecule has 0 saturated heterocycles. The molecule has 0 spiro atoms. The molecule has 0 amide bonds. The Hall–Kier alpha value is -2.78.